The van der Waals surface area contributed by atoms with E-state index in [1.54, 1.807) is 18.2 Å². The number of aromatic amines is 1. The molecule has 0 spiro atoms. The number of rotatable bonds is 4. The van der Waals surface area contributed by atoms with Crippen LogP contribution in [0.15, 0.2) is 42.5 Å². The lowest BCUT2D eigenvalue weighted by Crippen LogP contribution is -1.97. The zero-order valence-corrected chi connectivity index (χ0v) is 11.6. The molecule has 3 rings (SSSR count). The Labute approximate surface area is 125 Å². The molecule has 0 aliphatic heterocycles. The van der Waals surface area contributed by atoms with Crippen LogP contribution in [0.2, 0.25) is 0 Å². The molecule has 0 aliphatic carbocycles. The lowest BCUT2D eigenvalue weighted by molar-refractivity contribution is -0.136. The lowest BCUT2D eigenvalue weighted by atomic mass is 10.0. The molecule has 0 saturated heterocycles. The Morgan fingerprint density at radius 1 is 1.09 bits per heavy atom. The van der Waals surface area contributed by atoms with Crippen molar-refractivity contribution in [2.24, 2.45) is 0 Å². The standard InChI is InChI=1S/C17H13F2NO2/c18-12-3-5-15(19)14(9-12)10-1-2-11-7-13(4-6-17(21)22)20-16(11)8-10/h1-3,5,7-9,20H,4,6H2,(H,21,22). The monoisotopic (exact) mass is 301 g/mol. The smallest absolute Gasteiger partial charge is 0.303 e. The highest BCUT2D eigenvalue weighted by Gasteiger charge is 2.09. The molecule has 2 N–H and O–H groups in total. The van der Waals surface area contributed by atoms with Crippen molar-refractivity contribution < 1.29 is 18.7 Å². The summed E-state index contributed by atoms with van der Waals surface area (Å²) in [5.41, 5.74) is 2.33. The zero-order valence-electron chi connectivity index (χ0n) is 11.6. The number of carboxylic acids is 1. The molecule has 1 heterocycles. The molecule has 0 aliphatic rings. The first kappa shape index (κ1) is 14.3. The number of aromatic nitrogens is 1. The van der Waals surface area contributed by atoms with Gasteiger partial charge in [-0.2, -0.15) is 0 Å². The van der Waals surface area contributed by atoms with Gasteiger partial charge in [0.25, 0.3) is 0 Å². The van der Waals surface area contributed by atoms with Crippen LogP contribution in [0.1, 0.15) is 12.1 Å². The second-order valence-corrected chi connectivity index (χ2v) is 5.11. The average molecular weight is 301 g/mol. The number of nitrogens with one attached hydrogen (secondary N) is 1. The van der Waals surface area contributed by atoms with E-state index in [-0.39, 0.29) is 12.0 Å². The Morgan fingerprint density at radius 2 is 1.91 bits per heavy atom. The third kappa shape index (κ3) is 2.83. The van der Waals surface area contributed by atoms with Gasteiger partial charge in [-0.05, 0) is 47.7 Å². The normalized spacial score (nSPS) is 11.0. The number of aliphatic carboxylic acids is 1. The minimum Gasteiger partial charge on any atom is -0.481 e. The first-order chi connectivity index (χ1) is 10.5. The van der Waals surface area contributed by atoms with Crippen molar-refractivity contribution in [1.29, 1.82) is 0 Å². The summed E-state index contributed by atoms with van der Waals surface area (Å²) < 4.78 is 27.1. The van der Waals surface area contributed by atoms with Gasteiger partial charge >= 0.3 is 5.97 Å². The summed E-state index contributed by atoms with van der Waals surface area (Å²) in [6.07, 6.45) is 0.436. The molecule has 1 aromatic heterocycles. The van der Waals surface area contributed by atoms with E-state index in [4.69, 9.17) is 5.11 Å². The Morgan fingerprint density at radius 3 is 2.68 bits per heavy atom. The number of carboxylic acid groups (broad SMARTS) is 1. The Kier molecular flexibility index (Phi) is 3.63. The average Bonchev–Trinajstić information content (AvgIpc) is 2.89. The Bertz CT molecular complexity index is 855. The van der Waals surface area contributed by atoms with E-state index < -0.39 is 17.6 Å². The third-order valence-electron chi connectivity index (χ3n) is 3.53. The molecule has 0 radical (unpaired) electrons. The van der Waals surface area contributed by atoms with Gasteiger partial charge < -0.3 is 10.1 Å². The summed E-state index contributed by atoms with van der Waals surface area (Å²) in [6.45, 7) is 0. The van der Waals surface area contributed by atoms with Crippen molar-refractivity contribution in [3.05, 3.63) is 59.8 Å². The van der Waals surface area contributed by atoms with Gasteiger partial charge in [-0.1, -0.05) is 12.1 Å². The quantitative estimate of drug-likeness (QED) is 0.761. The predicted molar refractivity (Wildman–Crippen MR) is 79.6 cm³/mol. The van der Waals surface area contributed by atoms with Gasteiger partial charge in [-0.15, -0.1) is 0 Å². The van der Waals surface area contributed by atoms with E-state index in [9.17, 15) is 13.6 Å². The molecule has 0 bridgehead atoms. The molecule has 2 aromatic carbocycles. The van der Waals surface area contributed by atoms with Gasteiger partial charge in [0.15, 0.2) is 0 Å². The number of halogens is 2. The van der Waals surface area contributed by atoms with E-state index in [0.29, 0.717) is 12.0 Å². The van der Waals surface area contributed by atoms with Crippen molar-refractivity contribution >= 4 is 16.9 Å². The third-order valence-corrected chi connectivity index (χ3v) is 3.53. The molecule has 22 heavy (non-hydrogen) atoms. The predicted octanol–water partition coefficient (Wildman–Crippen LogP) is 4.13. The molecule has 5 heteroatoms. The summed E-state index contributed by atoms with van der Waals surface area (Å²) >= 11 is 0. The summed E-state index contributed by atoms with van der Waals surface area (Å²) in [6, 6.07) is 10.5. The number of aryl methyl sites for hydroxylation is 1. The van der Waals surface area contributed by atoms with Crippen LogP contribution in [0.4, 0.5) is 8.78 Å². The first-order valence-corrected chi connectivity index (χ1v) is 6.82. The fourth-order valence-electron chi connectivity index (χ4n) is 2.45. The number of hydrogen-bond acceptors (Lipinski definition) is 1. The Balaban J connectivity index is 1.99. The van der Waals surface area contributed by atoms with Gasteiger partial charge in [0.05, 0.1) is 6.42 Å². The highest BCUT2D eigenvalue weighted by Crippen LogP contribution is 2.27. The molecule has 0 saturated carbocycles. The molecule has 3 nitrogen and oxygen atoms in total. The maximum Gasteiger partial charge on any atom is 0.303 e. The van der Waals surface area contributed by atoms with E-state index in [0.717, 1.165) is 34.8 Å². The van der Waals surface area contributed by atoms with Crippen LogP contribution in [-0.2, 0) is 11.2 Å². The van der Waals surface area contributed by atoms with Crippen molar-refractivity contribution in [3.8, 4) is 11.1 Å². The maximum absolute atomic E-state index is 13.8. The van der Waals surface area contributed by atoms with Crippen molar-refractivity contribution in [1.82, 2.24) is 4.98 Å². The van der Waals surface area contributed by atoms with Gasteiger partial charge in [0, 0.05) is 16.8 Å². The number of hydrogen-bond donors (Lipinski definition) is 2. The topological polar surface area (TPSA) is 53.1 Å². The lowest BCUT2D eigenvalue weighted by Gasteiger charge is -2.04. The van der Waals surface area contributed by atoms with Crippen LogP contribution in [0.25, 0.3) is 22.0 Å². The minimum absolute atomic E-state index is 0.0399. The largest absolute Gasteiger partial charge is 0.481 e. The van der Waals surface area contributed by atoms with Crippen LogP contribution in [0, 0.1) is 11.6 Å². The van der Waals surface area contributed by atoms with E-state index in [1.807, 2.05) is 6.07 Å². The SMILES string of the molecule is O=C(O)CCc1cc2ccc(-c3cc(F)ccc3F)cc2[nH]1. The zero-order chi connectivity index (χ0) is 15.7. The molecule has 0 fully saturated rings. The van der Waals surface area contributed by atoms with E-state index >= 15 is 0 Å². The second-order valence-electron chi connectivity index (χ2n) is 5.11. The summed E-state index contributed by atoms with van der Waals surface area (Å²) in [5.74, 6) is -1.84. The highest BCUT2D eigenvalue weighted by molar-refractivity contribution is 5.85. The van der Waals surface area contributed by atoms with E-state index in [1.165, 1.54) is 0 Å². The van der Waals surface area contributed by atoms with Gasteiger partial charge in [0.2, 0.25) is 0 Å². The van der Waals surface area contributed by atoms with Crippen LogP contribution in [-0.4, -0.2) is 16.1 Å². The summed E-state index contributed by atoms with van der Waals surface area (Å²) in [7, 11) is 0. The molecule has 112 valence electrons. The maximum atomic E-state index is 13.8. The fourth-order valence-corrected chi connectivity index (χ4v) is 2.45. The van der Waals surface area contributed by atoms with Gasteiger partial charge in [-0.3, -0.25) is 4.79 Å². The molecule has 3 aromatic rings. The van der Waals surface area contributed by atoms with Crippen LogP contribution in [0.5, 0.6) is 0 Å². The van der Waals surface area contributed by atoms with E-state index in [2.05, 4.69) is 4.98 Å². The van der Waals surface area contributed by atoms with Gasteiger partial charge in [-0.25, -0.2) is 8.78 Å². The minimum atomic E-state index is -0.860. The van der Waals surface area contributed by atoms with Gasteiger partial charge in [0.1, 0.15) is 11.6 Å². The summed E-state index contributed by atoms with van der Waals surface area (Å²) in [5, 5.41) is 9.61. The number of benzene rings is 2. The van der Waals surface area contributed by atoms with Crippen molar-refractivity contribution in [3.63, 3.8) is 0 Å². The van der Waals surface area contributed by atoms with Crippen LogP contribution >= 0.6 is 0 Å². The molecule has 0 unspecified atom stereocenters. The molecule has 0 atom stereocenters. The number of H-pyrrole nitrogens is 1. The second kappa shape index (κ2) is 5.60. The Hall–Kier alpha value is -2.69. The molecular weight excluding hydrogens is 288 g/mol. The first-order valence-electron chi connectivity index (χ1n) is 6.82. The fraction of sp³-hybridized carbons (Fsp3) is 0.118. The molecule has 0 amide bonds. The molecular formula is C17H13F2NO2. The van der Waals surface area contributed by atoms with Crippen molar-refractivity contribution in [2.75, 3.05) is 0 Å². The van der Waals surface area contributed by atoms with Crippen LogP contribution in [0.3, 0.4) is 0 Å². The number of fused-ring (bicyclic) bond motifs is 1. The van der Waals surface area contributed by atoms with Crippen molar-refractivity contribution in [2.45, 2.75) is 12.8 Å². The number of carbonyl (C=O) groups is 1. The highest BCUT2D eigenvalue weighted by atomic mass is 19.1. The summed E-state index contributed by atoms with van der Waals surface area (Å²) in [4.78, 5) is 13.7. The van der Waals surface area contributed by atoms with Crippen LogP contribution < -0.4 is 0 Å².